The number of benzene rings is 2. The minimum absolute atomic E-state index is 0.0110. The number of aliphatic hydroxyl groups is 1. The Hall–Kier alpha value is -2.20. The average Bonchev–Trinajstić information content (AvgIpc) is 3.29. The van der Waals surface area contributed by atoms with E-state index >= 15 is 0 Å². The van der Waals surface area contributed by atoms with E-state index in [1.54, 1.807) is 19.4 Å². The number of methoxy groups -OCH3 is 1. The molecule has 0 heterocycles. The Morgan fingerprint density at radius 2 is 2.09 bits per heavy atom. The molecular formula is C18H18FNO2. The second-order valence-electron chi connectivity index (χ2n) is 5.52. The molecule has 2 atom stereocenters. The fourth-order valence-electron chi connectivity index (χ4n) is 2.84. The number of aliphatic imine (C=N–C) groups is 1. The van der Waals surface area contributed by atoms with E-state index in [4.69, 9.17) is 4.74 Å². The topological polar surface area (TPSA) is 41.8 Å². The van der Waals surface area contributed by atoms with Crippen molar-refractivity contribution in [2.45, 2.75) is 12.0 Å². The number of aliphatic hydroxyl groups excluding tert-OH is 1. The van der Waals surface area contributed by atoms with Gasteiger partial charge in [-0.3, -0.25) is 4.99 Å². The van der Waals surface area contributed by atoms with E-state index in [0.717, 1.165) is 5.56 Å². The molecule has 0 bridgehead atoms. The molecule has 0 radical (unpaired) electrons. The highest BCUT2D eigenvalue weighted by molar-refractivity contribution is 5.80. The highest BCUT2D eigenvalue weighted by atomic mass is 19.1. The molecule has 1 N–H and O–H groups in total. The van der Waals surface area contributed by atoms with Crippen molar-refractivity contribution in [1.29, 1.82) is 0 Å². The van der Waals surface area contributed by atoms with E-state index in [1.165, 1.54) is 12.1 Å². The third-order valence-corrected chi connectivity index (χ3v) is 4.16. The number of nitrogens with zero attached hydrogens (tertiary/aromatic N) is 1. The summed E-state index contributed by atoms with van der Waals surface area (Å²) in [6.07, 6.45) is 2.46. The van der Waals surface area contributed by atoms with Crippen LogP contribution in [0.3, 0.4) is 0 Å². The zero-order chi connectivity index (χ0) is 15.6. The normalized spacial score (nSPS) is 23.7. The van der Waals surface area contributed by atoms with Crippen molar-refractivity contribution in [2.24, 2.45) is 10.9 Å². The molecule has 0 unspecified atom stereocenters. The van der Waals surface area contributed by atoms with E-state index in [9.17, 15) is 9.50 Å². The van der Waals surface area contributed by atoms with Gasteiger partial charge in [-0.05, 0) is 30.2 Å². The minimum Gasteiger partial charge on any atom is -0.496 e. The quantitative estimate of drug-likeness (QED) is 0.862. The van der Waals surface area contributed by atoms with Gasteiger partial charge < -0.3 is 9.84 Å². The SMILES string of the molecule is COc1ccc(F)cc1[C@@]1(/N=C/c2ccccc2)C[C@@H]1CO. The predicted molar refractivity (Wildman–Crippen MR) is 83.9 cm³/mol. The minimum atomic E-state index is -0.599. The van der Waals surface area contributed by atoms with Gasteiger partial charge in [0, 0.05) is 24.3 Å². The first-order valence-corrected chi connectivity index (χ1v) is 7.25. The Bertz CT molecular complexity index is 687. The molecule has 3 rings (SSSR count). The Morgan fingerprint density at radius 3 is 2.73 bits per heavy atom. The number of hydrogen-bond acceptors (Lipinski definition) is 3. The number of rotatable bonds is 5. The lowest BCUT2D eigenvalue weighted by Gasteiger charge is -2.16. The first-order chi connectivity index (χ1) is 10.7. The Labute approximate surface area is 129 Å². The maximum absolute atomic E-state index is 13.7. The summed E-state index contributed by atoms with van der Waals surface area (Å²) < 4.78 is 19.0. The molecule has 1 aliphatic carbocycles. The molecule has 1 aliphatic rings. The zero-order valence-electron chi connectivity index (χ0n) is 12.4. The van der Waals surface area contributed by atoms with Crippen molar-refractivity contribution in [2.75, 3.05) is 13.7 Å². The highest BCUT2D eigenvalue weighted by Crippen LogP contribution is 2.57. The third kappa shape index (κ3) is 2.62. The van der Waals surface area contributed by atoms with Crippen molar-refractivity contribution in [3.63, 3.8) is 0 Å². The lowest BCUT2D eigenvalue weighted by atomic mass is 10.0. The zero-order valence-corrected chi connectivity index (χ0v) is 12.4. The molecule has 0 spiro atoms. The number of ether oxygens (including phenoxy) is 1. The largest absolute Gasteiger partial charge is 0.496 e. The first kappa shape index (κ1) is 14.7. The molecule has 2 aromatic rings. The van der Waals surface area contributed by atoms with E-state index in [2.05, 4.69) is 4.99 Å². The maximum atomic E-state index is 13.7. The smallest absolute Gasteiger partial charge is 0.124 e. The van der Waals surface area contributed by atoms with Gasteiger partial charge in [-0.15, -0.1) is 0 Å². The van der Waals surface area contributed by atoms with Crippen LogP contribution >= 0.6 is 0 Å². The van der Waals surface area contributed by atoms with Crippen LogP contribution < -0.4 is 4.74 Å². The standard InChI is InChI=1S/C18H18FNO2/c1-22-17-8-7-15(19)9-16(17)18(10-14(18)12-21)20-11-13-5-3-2-4-6-13/h2-9,11,14,21H,10,12H2,1H3/b20-11+/t14-,18-/m1/s1. The van der Waals surface area contributed by atoms with Crippen LogP contribution in [0.2, 0.25) is 0 Å². The molecular weight excluding hydrogens is 281 g/mol. The summed E-state index contributed by atoms with van der Waals surface area (Å²) in [5, 5.41) is 9.52. The van der Waals surface area contributed by atoms with Crippen molar-refractivity contribution in [3.05, 3.63) is 65.5 Å². The average molecular weight is 299 g/mol. The van der Waals surface area contributed by atoms with Crippen LogP contribution in [-0.4, -0.2) is 25.0 Å². The van der Waals surface area contributed by atoms with Crippen LogP contribution in [0.1, 0.15) is 17.5 Å². The molecule has 3 nitrogen and oxygen atoms in total. The van der Waals surface area contributed by atoms with Crippen LogP contribution in [0, 0.1) is 11.7 Å². The van der Waals surface area contributed by atoms with E-state index < -0.39 is 5.54 Å². The van der Waals surface area contributed by atoms with Gasteiger partial charge in [-0.2, -0.15) is 0 Å². The lowest BCUT2D eigenvalue weighted by molar-refractivity contribution is 0.263. The number of hydrogen-bond donors (Lipinski definition) is 1. The van der Waals surface area contributed by atoms with E-state index in [1.807, 2.05) is 30.3 Å². The van der Waals surface area contributed by atoms with Gasteiger partial charge in [0.1, 0.15) is 11.6 Å². The van der Waals surface area contributed by atoms with E-state index in [-0.39, 0.29) is 18.3 Å². The van der Waals surface area contributed by atoms with Crippen LogP contribution in [-0.2, 0) is 5.54 Å². The molecule has 4 heteroatoms. The molecule has 0 saturated heterocycles. The Kier molecular flexibility index (Phi) is 3.94. The summed E-state index contributed by atoms with van der Waals surface area (Å²) in [7, 11) is 1.56. The highest BCUT2D eigenvalue weighted by Gasteiger charge is 2.56. The van der Waals surface area contributed by atoms with Gasteiger partial charge in [-0.25, -0.2) is 4.39 Å². The summed E-state index contributed by atoms with van der Waals surface area (Å²) in [5.74, 6) is 0.263. The second-order valence-corrected chi connectivity index (χ2v) is 5.52. The van der Waals surface area contributed by atoms with Crippen molar-refractivity contribution in [3.8, 4) is 5.75 Å². The van der Waals surface area contributed by atoms with Crippen LogP contribution in [0.15, 0.2) is 53.5 Å². The number of halogens is 1. The van der Waals surface area contributed by atoms with E-state index in [0.29, 0.717) is 17.7 Å². The van der Waals surface area contributed by atoms with Gasteiger partial charge in [0.05, 0.1) is 12.6 Å². The monoisotopic (exact) mass is 299 g/mol. The van der Waals surface area contributed by atoms with Crippen LogP contribution in [0.4, 0.5) is 4.39 Å². The Balaban J connectivity index is 2.00. The molecule has 0 amide bonds. The van der Waals surface area contributed by atoms with Gasteiger partial charge in [0.15, 0.2) is 0 Å². The van der Waals surface area contributed by atoms with Gasteiger partial charge in [-0.1, -0.05) is 30.3 Å². The molecule has 0 aromatic heterocycles. The summed E-state index contributed by atoms with van der Waals surface area (Å²) in [5.41, 5.74) is 1.07. The van der Waals surface area contributed by atoms with Gasteiger partial charge >= 0.3 is 0 Å². The summed E-state index contributed by atoms with van der Waals surface area (Å²) in [6, 6.07) is 14.2. The second kappa shape index (κ2) is 5.89. The first-order valence-electron chi connectivity index (χ1n) is 7.25. The summed E-state index contributed by atoms with van der Waals surface area (Å²) >= 11 is 0. The van der Waals surface area contributed by atoms with Gasteiger partial charge in [0.2, 0.25) is 0 Å². The van der Waals surface area contributed by atoms with Crippen LogP contribution in [0.25, 0.3) is 0 Å². The molecule has 1 fully saturated rings. The molecule has 22 heavy (non-hydrogen) atoms. The molecule has 1 saturated carbocycles. The molecule has 2 aromatic carbocycles. The maximum Gasteiger partial charge on any atom is 0.124 e. The fourth-order valence-corrected chi connectivity index (χ4v) is 2.84. The third-order valence-electron chi connectivity index (χ3n) is 4.16. The van der Waals surface area contributed by atoms with Crippen LogP contribution in [0.5, 0.6) is 5.75 Å². The Morgan fingerprint density at radius 1 is 1.32 bits per heavy atom. The lowest BCUT2D eigenvalue weighted by Crippen LogP contribution is -2.12. The summed E-state index contributed by atoms with van der Waals surface area (Å²) in [4.78, 5) is 4.68. The van der Waals surface area contributed by atoms with Crippen molar-refractivity contribution in [1.82, 2.24) is 0 Å². The van der Waals surface area contributed by atoms with Crippen molar-refractivity contribution >= 4 is 6.21 Å². The predicted octanol–water partition coefficient (Wildman–Crippen LogP) is 3.16. The molecule has 0 aliphatic heterocycles. The fraction of sp³-hybridized carbons (Fsp3) is 0.278. The summed E-state index contributed by atoms with van der Waals surface area (Å²) in [6.45, 7) is 0.0196. The molecule has 114 valence electrons. The van der Waals surface area contributed by atoms with Crippen molar-refractivity contribution < 1.29 is 14.2 Å². The van der Waals surface area contributed by atoms with Gasteiger partial charge in [0.25, 0.3) is 0 Å².